The Balaban J connectivity index is 2.35. The number of aliphatic carboxylic acids is 1. The van der Waals surface area contributed by atoms with Crippen LogP contribution in [0.1, 0.15) is 30.6 Å². The van der Waals surface area contributed by atoms with E-state index in [4.69, 9.17) is 0 Å². The second-order valence-electron chi connectivity index (χ2n) is 3.92. The van der Waals surface area contributed by atoms with Gasteiger partial charge in [0.1, 0.15) is 0 Å². The highest BCUT2D eigenvalue weighted by atomic mass is 32.1. The Bertz CT molecular complexity index is 346. The molecule has 82 valence electrons. The third-order valence-corrected chi connectivity index (χ3v) is 3.98. The number of hydrogen-bond donors (Lipinski definition) is 2. The first-order chi connectivity index (χ1) is 7.15. The molecule has 1 saturated carbocycles. The minimum atomic E-state index is -1.72. The van der Waals surface area contributed by atoms with Crippen LogP contribution in [0.25, 0.3) is 0 Å². The smallest absolute Gasteiger partial charge is 0.341 e. The van der Waals surface area contributed by atoms with Crippen LogP contribution in [0.5, 0.6) is 0 Å². The first-order valence-electron chi connectivity index (χ1n) is 5.00. The van der Waals surface area contributed by atoms with E-state index in [1.54, 1.807) is 5.51 Å². The lowest BCUT2D eigenvalue weighted by molar-refractivity contribution is -0.166. The van der Waals surface area contributed by atoms with Crippen LogP contribution in [-0.2, 0) is 10.4 Å². The van der Waals surface area contributed by atoms with Crippen molar-refractivity contribution in [3.63, 3.8) is 0 Å². The summed E-state index contributed by atoms with van der Waals surface area (Å²) >= 11 is 1.20. The summed E-state index contributed by atoms with van der Waals surface area (Å²) in [7, 11) is 0. The topological polar surface area (TPSA) is 70.4 Å². The molecule has 0 radical (unpaired) electrons. The van der Waals surface area contributed by atoms with E-state index in [1.165, 1.54) is 17.5 Å². The molecule has 1 atom stereocenters. The lowest BCUT2D eigenvalue weighted by Gasteiger charge is -2.28. The van der Waals surface area contributed by atoms with Gasteiger partial charge in [-0.3, -0.25) is 4.98 Å². The fourth-order valence-corrected chi connectivity index (χ4v) is 3.02. The number of carboxylic acids is 1. The summed E-state index contributed by atoms with van der Waals surface area (Å²) in [5, 5.41) is 19.5. The van der Waals surface area contributed by atoms with Gasteiger partial charge in [0.2, 0.25) is 5.60 Å². The van der Waals surface area contributed by atoms with Gasteiger partial charge in [0.05, 0.1) is 10.4 Å². The molecule has 1 aromatic heterocycles. The molecule has 0 saturated heterocycles. The summed E-state index contributed by atoms with van der Waals surface area (Å²) in [4.78, 5) is 15.5. The Hall–Kier alpha value is -0.940. The van der Waals surface area contributed by atoms with Crippen LogP contribution < -0.4 is 0 Å². The van der Waals surface area contributed by atoms with Crippen LogP contribution >= 0.6 is 11.3 Å². The standard InChI is InChI=1S/C10H13NO3S/c12-9(13)10(14,7-3-1-2-4-7)8-5-11-6-15-8/h5-7,14H,1-4H2,(H,12,13). The van der Waals surface area contributed by atoms with Gasteiger partial charge in [-0.25, -0.2) is 4.79 Å². The van der Waals surface area contributed by atoms with E-state index in [2.05, 4.69) is 4.98 Å². The Morgan fingerprint density at radius 3 is 2.67 bits per heavy atom. The first kappa shape index (κ1) is 10.6. The number of thiazole rings is 1. The number of carbonyl (C=O) groups is 1. The summed E-state index contributed by atoms with van der Waals surface area (Å²) in [6.07, 6.45) is 5.01. The summed E-state index contributed by atoms with van der Waals surface area (Å²) in [6.45, 7) is 0. The van der Waals surface area contributed by atoms with Crippen molar-refractivity contribution in [2.24, 2.45) is 5.92 Å². The van der Waals surface area contributed by atoms with Crippen molar-refractivity contribution in [1.82, 2.24) is 4.98 Å². The number of rotatable bonds is 3. The molecule has 0 spiro atoms. The van der Waals surface area contributed by atoms with Crippen molar-refractivity contribution in [3.05, 3.63) is 16.6 Å². The number of aromatic nitrogens is 1. The second-order valence-corrected chi connectivity index (χ2v) is 4.80. The monoisotopic (exact) mass is 227 g/mol. The molecule has 15 heavy (non-hydrogen) atoms. The zero-order valence-electron chi connectivity index (χ0n) is 8.22. The molecule has 5 heteroatoms. The molecule has 0 aromatic carbocycles. The molecular formula is C10H13NO3S. The molecular weight excluding hydrogens is 214 g/mol. The SMILES string of the molecule is O=C(O)C(O)(c1cncs1)C1CCCC1. The Morgan fingerprint density at radius 1 is 1.53 bits per heavy atom. The fourth-order valence-electron chi connectivity index (χ4n) is 2.23. The zero-order valence-corrected chi connectivity index (χ0v) is 9.04. The summed E-state index contributed by atoms with van der Waals surface area (Å²) < 4.78 is 0. The molecule has 2 N–H and O–H groups in total. The van der Waals surface area contributed by atoms with Gasteiger partial charge in [-0.2, -0.15) is 0 Å². The minimum absolute atomic E-state index is 0.171. The van der Waals surface area contributed by atoms with Crippen molar-refractivity contribution in [1.29, 1.82) is 0 Å². The highest BCUT2D eigenvalue weighted by molar-refractivity contribution is 7.09. The van der Waals surface area contributed by atoms with Crippen molar-refractivity contribution in [2.45, 2.75) is 31.3 Å². The van der Waals surface area contributed by atoms with Crippen LogP contribution in [0.2, 0.25) is 0 Å². The fraction of sp³-hybridized carbons (Fsp3) is 0.600. The molecule has 0 amide bonds. The Kier molecular flexibility index (Phi) is 2.75. The van der Waals surface area contributed by atoms with Gasteiger partial charge in [-0.05, 0) is 12.8 Å². The highest BCUT2D eigenvalue weighted by Crippen LogP contribution is 2.41. The Labute approximate surface area is 91.6 Å². The Morgan fingerprint density at radius 2 is 2.20 bits per heavy atom. The van der Waals surface area contributed by atoms with Gasteiger partial charge in [0.25, 0.3) is 0 Å². The van der Waals surface area contributed by atoms with Crippen LogP contribution in [-0.4, -0.2) is 21.2 Å². The maximum absolute atomic E-state index is 11.2. The average Bonchev–Trinajstić information content (AvgIpc) is 2.89. The largest absolute Gasteiger partial charge is 0.479 e. The third-order valence-electron chi connectivity index (χ3n) is 3.08. The summed E-state index contributed by atoms with van der Waals surface area (Å²) in [5.74, 6) is -1.32. The average molecular weight is 227 g/mol. The van der Waals surface area contributed by atoms with E-state index in [9.17, 15) is 15.0 Å². The lowest BCUT2D eigenvalue weighted by Crippen LogP contribution is -2.41. The van der Waals surface area contributed by atoms with Crippen LogP contribution in [0.3, 0.4) is 0 Å². The summed E-state index contributed by atoms with van der Waals surface area (Å²) in [6, 6.07) is 0. The van der Waals surface area contributed by atoms with Crippen LogP contribution in [0, 0.1) is 5.92 Å². The normalized spacial score (nSPS) is 21.4. The van der Waals surface area contributed by atoms with Crippen molar-refractivity contribution in [3.8, 4) is 0 Å². The van der Waals surface area contributed by atoms with Gasteiger partial charge < -0.3 is 10.2 Å². The molecule has 1 unspecified atom stereocenters. The van der Waals surface area contributed by atoms with Crippen LogP contribution in [0.4, 0.5) is 0 Å². The van der Waals surface area contributed by atoms with E-state index >= 15 is 0 Å². The molecule has 1 heterocycles. The minimum Gasteiger partial charge on any atom is -0.479 e. The van der Waals surface area contributed by atoms with Gasteiger partial charge in [0, 0.05) is 12.1 Å². The van der Waals surface area contributed by atoms with E-state index in [0.717, 1.165) is 25.7 Å². The molecule has 1 fully saturated rings. The van der Waals surface area contributed by atoms with Gasteiger partial charge in [-0.15, -0.1) is 11.3 Å². The van der Waals surface area contributed by atoms with Crippen molar-refractivity contribution < 1.29 is 15.0 Å². The van der Waals surface area contributed by atoms with E-state index in [-0.39, 0.29) is 5.92 Å². The highest BCUT2D eigenvalue weighted by Gasteiger charge is 2.47. The number of nitrogens with zero attached hydrogens (tertiary/aromatic N) is 1. The molecule has 1 aliphatic rings. The molecule has 0 bridgehead atoms. The number of carboxylic acid groups (broad SMARTS) is 1. The van der Waals surface area contributed by atoms with Gasteiger partial charge in [0.15, 0.2) is 0 Å². The van der Waals surface area contributed by atoms with Crippen molar-refractivity contribution in [2.75, 3.05) is 0 Å². The summed E-state index contributed by atoms with van der Waals surface area (Å²) in [5.41, 5.74) is -0.171. The molecule has 1 aliphatic carbocycles. The van der Waals surface area contributed by atoms with Crippen LogP contribution in [0.15, 0.2) is 11.7 Å². The zero-order chi connectivity index (χ0) is 10.9. The predicted octanol–water partition coefficient (Wildman–Crippen LogP) is 1.61. The lowest BCUT2D eigenvalue weighted by atomic mass is 9.85. The van der Waals surface area contributed by atoms with Gasteiger partial charge in [-0.1, -0.05) is 12.8 Å². The number of aliphatic hydroxyl groups is 1. The van der Waals surface area contributed by atoms with Gasteiger partial charge >= 0.3 is 5.97 Å². The maximum atomic E-state index is 11.2. The second kappa shape index (κ2) is 3.90. The maximum Gasteiger partial charge on any atom is 0.341 e. The molecule has 1 aromatic rings. The molecule has 0 aliphatic heterocycles. The first-order valence-corrected chi connectivity index (χ1v) is 5.88. The number of hydrogen-bond acceptors (Lipinski definition) is 4. The van der Waals surface area contributed by atoms with E-state index < -0.39 is 11.6 Å². The predicted molar refractivity (Wildman–Crippen MR) is 55.6 cm³/mol. The van der Waals surface area contributed by atoms with E-state index in [0.29, 0.717) is 4.88 Å². The molecule has 2 rings (SSSR count). The quantitative estimate of drug-likeness (QED) is 0.823. The molecule has 4 nitrogen and oxygen atoms in total. The third kappa shape index (κ3) is 1.66. The van der Waals surface area contributed by atoms with Crippen molar-refractivity contribution >= 4 is 17.3 Å². The van der Waals surface area contributed by atoms with E-state index in [1.807, 2.05) is 0 Å².